The minimum Gasteiger partial charge on any atom is -0.394 e. The maximum atomic E-state index is 10.9. The molecule has 0 aromatic carbocycles. The second-order valence-corrected chi connectivity index (χ2v) is 17.7. The first kappa shape index (κ1) is 39.0. The largest absolute Gasteiger partial charge is 0.394 e. The molecule has 0 radical (unpaired) electrons. The zero-order valence-corrected chi connectivity index (χ0v) is 30.8. The second kappa shape index (κ2) is 15.6. The Morgan fingerprint density at radius 3 is 2.16 bits per heavy atom. The molecule has 6 aliphatic rings. The van der Waals surface area contributed by atoms with E-state index in [9.17, 15) is 35.7 Å². The molecule has 0 amide bonds. The van der Waals surface area contributed by atoms with Crippen LogP contribution in [0.3, 0.4) is 0 Å². The van der Waals surface area contributed by atoms with E-state index in [0.717, 1.165) is 30.6 Å². The summed E-state index contributed by atoms with van der Waals surface area (Å²) in [5.74, 6) is 3.68. The van der Waals surface area contributed by atoms with E-state index >= 15 is 0 Å². The van der Waals surface area contributed by atoms with Crippen molar-refractivity contribution in [3.8, 4) is 0 Å². The predicted molar refractivity (Wildman–Crippen MR) is 184 cm³/mol. The van der Waals surface area contributed by atoms with Gasteiger partial charge in [0.15, 0.2) is 12.6 Å². The van der Waals surface area contributed by atoms with Crippen molar-refractivity contribution < 1.29 is 54.7 Å². The maximum Gasteiger partial charge on any atom is 0.186 e. The Morgan fingerprint density at radius 2 is 1.46 bits per heavy atom. The van der Waals surface area contributed by atoms with Crippen molar-refractivity contribution in [1.29, 1.82) is 0 Å². The van der Waals surface area contributed by atoms with Gasteiger partial charge in [0.05, 0.1) is 19.3 Å². The number of fused-ring (bicyclic) bond motifs is 5. The van der Waals surface area contributed by atoms with Crippen molar-refractivity contribution in [3.63, 3.8) is 0 Å². The molecule has 50 heavy (non-hydrogen) atoms. The molecule has 1 unspecified atom stereocenters. The van der Waals surface area contributed by atoms with Gasteiger partial charge >= 0.3 is 0 Å². The molecule has 0 aromatic rings. The van der Waals surface area contributed by atoms with E-state index in [1.165, 1.54) is 57.8 Å². The first-order chi connectivity index (χ1) is 23.7. The van der Waals surface area contributed by atoms with Gasteiger partial charge in [-0.05, 0) is 111 Å². The molecular weight excluding hydrogens is 644 g/mol. The van der Waals surface area contributed by atoms with Crippen molar-refractivity contribution in [2.24, 2.45) is 46.3 Å². The fourth-order valence-electron chi connectivity index (χ4n) is 11.6. The summed E-state index contributed by atoms with van der Waals surface area (Å²) in [4.78, 5) is 0. The summed E-state index contributed by atoms with van der Waals surface area (Å²) >= 11 is 0. The highest BCUT2D eigenvalue weighted by Gasteiger charge is 2.59. The third-order valence-corrected chi connectivity index (χ3v) is 14.7. The molecule has 2 saturated heterocycles. The van der Waals surface area contributed by atoms with Gasteiger partial charge in [-0.3, -0.25) is 0 Å². The van der Waals surface area contributed by atoms with Crippen LogP contribution in [0.4, 0.5) is 0 Å². The van der Waals surface area contributed by atoms with Gasteiger partial charge in [-0.1, -0.05) is 52.7 Å². The molecule has 3 saturated carbocycles. The highest BCUT2D eigenvalue weighted by molar-refractivity contribution is 5.24. The van der Waals surface area contributed by atoms with Crippen molar-refractivity contribution in [2.75, 3.05) is 13.2 Å². The summed E-state index contributed by atoms with van der Waals surface area (Å²) in [6.07, 6.45) is 1.73. The molecule has 7 N–H and O–H groups in total. The summed E-state index contributed by atoms with van der Waals surface area (Å²) in [7, 11) is 0. The molecule has 2 heterocycles. The van der Waals surface area contributed by atoms with Crippen LogP contribution in [0.15, 0.2) is 11.6 Å². The Balaban J connectivity index is 1.05. The zero-order valence-electron chi connectivity index (χ0n) is 30.8. The molecule has 0 spiro atoms. The molecule has 2 aliphatic heterocycles. The third kappa shape index (κ3) is 7.12. The lowest BCUT2D eigenvalue weighted by molar-refractivity contribution is -0.337. The van der Waals surface area contributed by atoms with Gasteiger partial charge in [0, 0.05) is 0 Å². The topological polar surface area (TPSA) is 179 Å². The van der Waals surface area contributed by atoms with Crippen molar-refractivity contribution in [3.05, 3.63) is 11.6 Å². The molecule has 11 nitrogen and oxygen atoms in total. The number of allylic oxidation sites excluding steroid dienone is 2. The quantitative estimate of drug-likeness (QED) is 0.157. The summed E-state index contributed by atoms with van der Waals surface area (Å²) in [6, 6.07) is 0. The summed E-state index contributed by atoms with van der Waals surface area (Å²) in [6.45, 7) is 10.7. The fourth-order valence-corrected chi connectivity index (χ4v) is 11.6. The number of aliphatic hydroxyl groups excluding tert-OH is 7. The zero-order chi connectivity index (χ0) is 36.1. The standard InChI is InChI=1S/C39H66O11/c1-20(2)27(48-37-35(46)33(44)31(42)29(50-37)19-47-36-34(45)32(43)30(41)28(18-40)49-36)14-9-21(3)24-12-13-25-23-11-10-22-8-6-7-16-38(22,4)26(23)15-17-39(24,25)5/h10,20-21,23-37,40-46H,6-9,11-19H2,1-5H3/t21-,23+,24-,25+,26+,27?,28-,29-,30-,31-,32+,33+,34-,35-,36-,37-,38+,39-/m1/s1. The van der Waals surface area contributed by atoms with Gasteiger partial charge in [0.1, 0.15) is 48.8 Å². The average molecular weight is 711 g/mol. The molecular formula is C39H66O11. The van der Waals surface area contributed by atoms with E-state index < -0.39 is 68.0 Å². The highest BCUT2D eigenvalue weighted by atomic mass is 16.7. The molecule has 11 heteroatoms. The van der Waals surface area contributed by atoms with E-state index in [-0.39, 0.29) is 18.6 Å². The lowest BCUT2D eigenvalue weighted by atomic mass is 9.47. The van der Waals surface area contributed by atoms with Gasteiger partial charge < -0.3 is 54.7 Å². The molecule has 5 fully saturated rings. The van der Waals surface area contributed by atoms with Crippen molar-refractivity contribution in [2.45, 2.75) is 173 Å². The normalized spacial score (nSPS) is 49.1. The van der Waals surface area contributed by atoms with Crippen LogP contribution in [0.25, 0.3) is 0 Å². The van der Waals surface area contributed by atoms with Gasteiger partial charge in [0.25, 0.3) is 0 Å². The second-order valence-electron chi connectivity index (χ2n) is 17.7. The fraction of sp³-hybridized carbons (Fsp3) is 0.949. The Bertz CT molecular complexity index is 1160. The Hall–Kier alpha value is -0.700. The molecule has 4 aliphatic carbocycles. The minimum absolute atomic E-state index is 0.104. The summed E-state index contributed by atoms with van der Waals surface area (Å²) in [5.41, 5.74) is 2.52. The van der Waals surface area contributed by atoms with Gasteiger partial charge in [-0.15, -0.1) is 0 Å². The monoisotopic (exact) mass is 710 g/mol. The Morgan fingerprint density at radius 1 is 0.780 bits per heavy atom. The van der Waals surface area contributed by atoms with Crippen LogP contribution in [-0.2, 0) is 18.9 Å². The van der Waals surface area contributed by atoms with Crippen molar-refractivity contribution in [1.82, 2.24) is 0 Å². The van der Waals surface area contributed by atoms with Crippen LogP contribution in [0.5, 0.6) is 0 Å². The van der Waals surface area contributed by atoms with E-state index in [1.807, 2.05) is 0 Å². The van der Waals surface area contributed by atoms with E-state index in [1.54, 1.807) is 5.57 Å². The van der Waals surface area contributed by atoms with Crippen LogP contribution in [0, 0.1) is 46.3 Å². The summed E-state index contributed by atoms with van der Waals surface area (Å²) < 4.78 is 23.3. The summed E-state index contributed by atoms with van der Waals surface area (Å²) in [5, 5.41) is 72.3. The minimum atomic E-state index is -1.62. The molecule has 0 aromatic heterocycles. The molecule has 288 valence electrons. The van der Waals surface area contributed by atoms with Crippen LogP contribution < -0.4 is 0 Å². The Labute approximate surface area is 298 Å². The highest BCUT2D eigenvalue weighted by Crippen LogP contribution is 2.67. The van der Waals surface area contributed by atoms with Gasteiger partial charge in [0.2, 0.25) is 0 Å². The van der Waals surface area contributed by atoms with Crippen LogP contribution >= 0.6 is 0 Å². The molecule has 18 atom stereocenters. The number of hydrogen-bond donors (Lipinski definition) is 7. The van der Waals surface area contributed by atoms with Crippen molar-refractivity contribution >= 4 is 0 Å². The molecule has 6 rings (SSSR count). The SMILES string of the molecule is CC(C)C(CC[C@@H](C)[C@H]1CC[C@H]2[C@@H]3CC=C4CCCC[C@]4(C)[C@H]3CC[C@]12C)O[C@@H]1O[C@H](CO[C@@H]2O[C@H](CO)[C@@H](O)[C@H](O)[C@H]2O)[C@@H](O)[C@H](O)[C@H]1O. The maximum absolute atomic E-state index is 10.9. The third-order valence-electron chi connectivity index (χ3n) is 14.7. The van der Waals surface area contributed by atoms with E-state index in [2.05, 4.69) is 40.7 Å². The smallest absolute Gasteiger partial charge is 0.186 e. The lowest BCUT2D eigenvalue weighted by Crippen LogP contribution is -2.62. The first-order valence-electron chi connectivity index (χ1n) is 19.7. The Kier molecular flexibility index (Phi) is 12.1. The van der Waals surface area contributed by atoms with Gasteiger partial charge in [-0.2, -0.15) is 0 Å². The average Bonchev–Trinajstić information content (AvgIpc) is 3.46. The number of hydrogen-bond acceptors (Lipinski definition) is 11. The number of rotatable bonds is 11. The van der Waals surface area contributed by atoms with E-state index in [0.29, 0.717) is 22.7 Å². The van der Waals surface area contributed by atoms with E-state index in [4.69, 9.17) is 18.9 Å². The number of ether oxygens (including phenoxy) is 4. The molecule has 0 bridgehead atoms. The van der Waals surface area contributed by atoms with Gasteiger partial charge in [-0.25, -0.2) is 0 Å². The lowest BCUT2D eigenvalue weighted by Gasteiger charge is -2.58. The predicted octanol–water partition coefficient (Wildman–Crippen LogP) is 3.04. The first-order valence-corrected chi connectivity index (χ1v) is 19.7. The number of aliphatic hydroxyl groups is 7. The van der Waals surface area contributed by atoms with Crippen LogP contribution in [-0.4, -0.2) is 116 Å². The van der Waals surface area contributed by atoms with Crippen LogP contribution in [0.1, 0.15) is 105 Å². The van der Waals surface area contributed by atoms with Crippen LogP contribution in [0.2, 0.25) is 0 Å².